The van der Waals surface area contributed by atoms with Crippen LogP contribution in [0.15, 0.2) is 69.8 Å². The number of fused-ring (bicyclic) bond motifs is 1. The molecule has 42 heavy (non-hydrogen) atoms. The summed E-state index contributed by atoms with van der Waals surface area (Å²) in [5.41, 5.74) is 7.34. The maximum atomic E-state index is 12.0. The first kappa shape index (κ1) is 29.0. The topological polar surface area (TPSA) is 164 Å². The largest absolute Gasteiger partial charge is 0.449 e. The summed E-state index contributed by atoms with van der Waals surface area (Å²) in [5.74, 6) is 1.98. The van der Waals surface area contributed by atoms with E-state index in [1.165, 1.54) is 0 Å². The number of sulfonamides is 1. The highest BCUT2D eigenvalue weighted by Gasteiger charge is 2.31. The predicted octanol–water partition coefficient (Wildman–Crippen LogP) is 3.13. The smallest absolute Gasteiger partial charge is 0.246 e. The molecule has 0 amide bonds. The van der Waals surface area contributed by atoms with Crippen LogP contribution < -0.4 is 29.9 Å². The summed E-state index contributed by atoms with van der Waals surface area (Å²) in [6.07, 6.45) is 1.04. The maximum absolute atomic E-state index is 12.0. The summed E-state index contributed by atoms with van der Waals surface area (Å²) < 4.78 is 43.3. The number of hydrogen-bond acceptors (Lipinski definition) is 12. The van der Waals surface area contributed by atoms with Crippen LogP contribution in [0.3, 0.4) is 0 Å². The van der Waals surface area contributed by atoms with Gasteiger partial charge in [0.25, 0.3) is 0 Å². The molecule has 3 N–H and O–H groups in total. The van der Waals surface area contributed by atoms with E-state index in [2.05, 4.69) is 45.7 Å². The van der Waals surface area contributed by atoms with Crippen molar-refractivity contribution in [2.24, 2.45) is 15.2 Å². The van der Waals surface area contributed by atoms with Crippen LogP contribution in [0.1, 0.15) is 25.2 Å². The SMILES string of the molecule is CC1(C)Oc2ccc(CN=Nc3cc(N4CCOCC4)nc(CN=C(NNc4ccccc4)NS(C)(=O)=O)n3)cc2O1. The second kappa shape index (κ2) is 12.6. The average Bonchev–Trinajstić information content (AvgIpc) is 3.28. The lowest BCUT2D eigenvalue weighted by molar-refractivity contribution is -0.0431. The molecule has 3 aromatic rings. The Labute approximate surface area is 244 Å². The molecule has 0 unspecified atom stereocenters. The number of nitrogens with zero attached hydrogens (tertiary/aromatic N) is 6. The van der Waals surface area contributed by atoms with Crippen molar-refractivity contribution in [1.82, 2.24) is 20.1 Å². The van der Waals surface area contributed by atoms with Gasteiger partial charge >= 0.3 is 0 Å². The van der Waals surface area contributed by atoms with Crippen molar-refractivity contribution in [3.8, 4) is 11.5 Å². The molecule has 0 saturated carbocycles. The van der Waals surface area contributed by atoms with Gasteiger partial charge in [-0.3, -0.25) is 15.6 Å². The molecule has 0 aliphatic carbocycles. The molecule has 1 saturated heterocycles. The first-order valence-corrected chi connectivity index (χ1v) is 15.2. The first-order valence-electron chi connectivity index (χ1n) is 13.3. The van der Waals surface area contributed by atoms with Gasteiger partial charge in [-0.15, -0.1) is 5.11 Å². The highest BCUT2D eigenvalue weighted by atomic mass is 32.2. The Hall–Kier alpha value is -4.50. The van der Waals surface area contributed by atoms with E-state index in [1.54, 1.807) is 6.07 Å². The zero-order valence-corrected chi connectivity index (χ0v) is 24.4. The van der Waals surface area contributed by atoms with Gasteiger partial charge in [-0.1, -0.05) is 24.3 Å². The molecule has 1 fully saturated rings. The molecule has 2 aromatic carbocycles. The van der Waals surface area contributed by atoms with Crippen LogP contribution in [-0.2, 0) is 27.8 Å². The van der Waals surface area contributed by atoms with Crippen LogP contribution in [-0.4, -0.2) is 62.7 Å². The molecule has 5 rings (SSSR count). The first-order chi connectivity index (χ1) is 20.1. The van der Waals surface area contributed by atoms with Crippen LogP contribution in [0.25, 0.3) is 0 Å². The molecule has 0 spiro atoms. The Balaban J connectivity index is 1.34. The number of guanidine groups is 1. The van der Waals surface area contributed by atoms with E-state index in [0.29, 0.717) is 61.8 Å². The number of para-hydroxylation sites is 1. The van der Waals surface area contributed by atoms with Gasteiger partial charge in [-0.05, 0) is 29.8 Å². The molecule has 2 aliphatic rings. The van der Waals surface area contributed by atoms with Crippen molar-refractivity contribution in [3.63, 3.8) is 0 Å². The van der Waals surface area contributed by atoms with Gasteiger partial charge in [0.05, 0.1) is 31.7 Å². The number of nitrogens with one attached hydrogen (secondary N) is 3. The normalized spacial score (nSPS) is 16.5. The van der Waals surface area contributed by atoms with Crippen LogP contribution in [0, 0.1) is 0 Å². The molecular formula is C27H33N9O5S. The molecule has 1 aromatic heterocycles. The van der Waals surface area contributed by atoms with E-state index in [9.17, 15) is 8.42 Å². The minimum atomic E-state index is -3.61. The molecule has 0 radical (unpaired) electrons. The van der Waals surface area contributed by atoms with E-state index in [1.807, 2.05) is 62.4 Å². The van der Waals surface area contributed by atoms with Gasteiger partial charge in [0.15, 0.2) is 23.1 Å². The predicted molar refractivity (Wildman–Crippen MR) is 157 cm³/mol. The van der Waals surface area contributed by atoms with Crippen LogP contribution >= 0.6 is 0 Å². The van der Waals surface area contributed by atoms with Crippen molar-refractivity contribution in [2.45, 2.75) is 32.7 Å². The number of aromatic nitrogens is 2. The average molecular weight is 596 g/mol. The third kappa shape index (κ3) is 8.27. The molecule has 222 valence electrons. The zero-order valence-electron chi connectivity index (χ0n) is 23.6. The number of rotatable bonds is 9. The van der Waals surface area contributed by atoms with Gasteiger partial charge < -0.3 is 19.1 Å². The number of benzene rings is 2. The second-order valence-corrected chi connectivity index (χ2v) is 11.8. The molecule has 0 atom stereocenters. The minimum absolute atomic E-state index is 0.0177. The van der Waals surface area contributed by atoms with Gasteiger partial charge in [-0.2, -0.15) is 5.11 Å². The Kier molecular flexibility index (Phi) is 8.68. The number of hydrogen-bond donors (Lipinski definition) is 3. The second-order valence-electron chi connectivity index (χ2n) is 10.0. The fourth-order valence-corrected chi connectivity index (χ4v) is 4.64. The van der Waals surface area contributed by atoms with Crippen molar-refractivity contribution >= 4 is 33.3 Å². The number of morpholine rings is 1. The Bertz CT molecular complexity index is 1560. The van der Waals surface area contributed by atoms with Crippen molar-refractivity contribution in [3.05, 3.63) is 66.0 Å². The molecule has 2 aliphatic heterocycles. The van der Waals surface area contributed by atoms with Gasteiger partial charge in [0, 0.05) is 33.0 Å². The van der Waals surface area contributed by atoms with Crippen LogP contribution in [0.5, 0.6) is 11.5 Å². The molecule has 3 heterocycles. The van der Waals surface area contributed by atoms with E-state index < -0.39 is 15.8 Å². The third-order valence-electron chi connectivity index (χ3n) is 5.99. The number of azo groups is 1. The zero-order chi connectivity index (χ0) is 29.6. The number of ether oxygens (including phenoxy) is 3. The van der Waals surface area contributed by atoms with Gasteiger partial charge in [-0.25, -0.2) is 23.4 Å². The lowest BCUT2D eigenvalue weighted by atomic mass is 10.2. The summed E-state index contributed by atoms with van der Waals surface area (Å²) in [6.45, 7) is 6.45. The van der Waals surface area contributed by atoms with E-state index in [-0.39, 0.29) is 12.5 Å². The fraction of sp³-hybridized carbons (Fsp3) is 0.370. The molecule has 0 bridgehead atoms. The summed E-state index contributed by atoms with van der Waals surface area (Å²) in [4.78, 5) is 15.6. The van der Waals surface area contributed by atoms with Crippen molar-refractivity contribution in [1.29, 1.82) is 0 Å². The number of anilines is 2. The van der Waals surface area contributed by atoms with E-state index in [4.69, 9.17) is 14.2 Å². The highest BCUT2D eigenvalue weighted by Crippen LogP contribution is 2.39. The lowest BCUT2D eigenvalue weighted by Crippen LogP contribution is -2.43. The third-order valence-corrected chi connectivity index (χ3v) is 6.55. The summed E-state index contributed by atoms with van der Waals surface area (Å²) in [7, 11) is -3.61. The minimum Gasteiger partial charge on any atom is -0.449 e. The highest BCUT2D eigenvalue weighted by molar-refractivity contribution is 7.89. The Morgan fingerprint density at radius 2 is 1.76 bits per heavy atom. The summed E-state index contributed by atoms with van der Waals surface area (Å²) in [5, 5.41) is 8.71. The van der Waals surface area contributed by atoms with E-state index >= 15 is 0 Å². The van der Waals surface area contributed by atoms with Crippen LogP contribution in [0.4, 0.5) is 17.3 Å². The molecular weight excluding hydrogens is 562 g/mol. The monoisotopic (exact) mass is 595 g/mol. The fourth-order valence-electron chi connectivity index (χ4n) is 4.18. The standard InChI is InChI=1S/C27H33N9O5S/c1-27(2)40-21-10-9-19(15-22(21)41-27)17-29-33-23-16-25(36-11-13-39-14-12-36)31-24(30-23)18-28-26(35-42(3,37)38)34-32-20-7-5-4-6-8-20/h4-10,15-16,32H,11-14,17-18H2,1-3H3,(H2,28,34,35). The Morgan fingerprint density at radius 1 is 1.00 bits per heavy atom. The number of aliphatic imine (C=N–C) groups is 1. The summed E-state index contributed by atoms with van der Waals surface area (Å²) in [6, 6.07) is 16.6. The van der Waals surface area contributed by atoms with Crippen molar-refractivity contribution < 1.29 is 22.6 Å². The van der Waals surface area contributed by atoms with Gasteiger partial charge in [0.2, 0.25) is 21.8 Å². The van der Waals surface area contributed by atoms with Crippen LogP contribution in [0.2, 0.25) is 0 Å². The Morgan fingerprint density at radius 3 is 2.52 bits per heavy atom. The molecule has 15 heteroatoms. The lowest BCUT2D eigenvalue weighted by Gasteiger charge is -2.27. The quantitative estimate of drug-likeness (QED) is 0.145. The van der Waals surface area contributed by atoms with Crippen molar-refractivity contribution in [2.75, 3.05) is 42.9 Å². The van der Waals surface area contributed by atoms with Gasteiger partial charge in [0.1, 0.15) is 12.4 Å². The van der Waals surface area contributed by atoms with E-state index in [0.717, 1.165) is 17.5 Å². The maximum Gasteiger partial charge on any atom is 0.246 e. The summed E-state index contributed by atoms with van der Waals surface area (Å²) >= 11 is 0. The molecule has 14 nitrogen and oxygen atoms in total. The number of hydrazine groups is 1.